The molecule has 4 rings (SSSR count). The number of alkyl halides is 3. The Balaban J connectivity index is 1.63. The molecule has 1 aliphatic rings. The first-order valence-electron chi connectivity index (χ1n) is 9.53. The van der Waals surface area contributed by atoms with Crippen LogP contribution in [-0.4, -0.2) is 41.8 Å². The van der Waals surface area contributed by atoms with E-state index in [0.717, 1.165) is 27.5 Å². The highest BCUT2D eigenvalue weighted by atomic mass is 32.2. The maximum atomic E-state index is 13.4. The number of nitrogens with one attached hydrogen (secondary N) is 2. The van der Waals surface area contributed by atoms with Crippen molar-refractivity contribution in [3.05, 3.63) is 54.4 Å². The van der Waals surface area contributed by atoms with Crippen molar-refractivity contribution in [1.82, 2.24) is 14.3 Å². The summed E-state index contributed by atoms with van der Waals surface area (Å²) < 4.78 is 67.5. The van der Waals surface area contributed by atoms with E-state index in [-0.39, 0.29) is 25.0 Å². The minimum absolute atomic E-state index is 0.0733. The van der Waals surface area contributed by atoms with E-state index >= 15 is 0 Å². The average molecular weight is 438 g/mol. The molecule has 0 radical (unpaired) electrons. The summed E-state index contributed by atoms with van der Waals surface area (Å²) >= 11 is 0. The third kappa shape index (κ3) is 3.77. The average Bonchev–Trinajstić information content (AvgIpc) is 3.19. The smallest absolute Gasteiger partial charge is 0.380 e. The van der Waals surface area contributed by atoms with Gasteiger partial charge in [-0.15, -0.1) is 0 Å². The minimum atomic E-state index is -4.75. The first-order valence-corrected chi connectivity index (χ1v) is 11.0. The first-order chi connectivity index (χ1) is 14.2. The molecule has 1 aromatic carbocycles. The molecule has 0 spiro atoms. The molecular weight excluding hydrogens is 417 g/mol. The van der Waals surface area contributed by atoms with Crippen LogP contribution in [-0.2, 0) is 16.2 Å². The van der Waals surface area contributed by atoms with Gasteiger partial charge in [-0.1, -0.05) is 19.1 Å². The lowest BCUT2D eigenvalue weighted by Gasteiger charge is -2.37. The molecule has 160 valence electrons. The van der Waals surface area contributed by atoms with Crippen molar-refractivity contribution < 1.29 is 21.6 Å². The van der Waals surface area contributed by atoms with Crippen LogP contribution in [0.3, 0.4) is 0 Å². The van der Waals surface area contributed by atoms with Gasteiger partial charge in [0.1, 0.15) is 5.65 Å². The summed E-state index contributed by atoms with van der Waals surface area (Å²) in [5, 5.41) is 4.24. The van der Waals surface area contributed by atoms with Gasteiger partial charge in [-0.3, -0.25) is 0 Å². The number of H-pyrrole nitrogens is 1. The minimum Gasteiger partial charge on any atom is -0.380 e. The molecule has 1 saturated heterocycles. The standard InChI is InChI=1S/C20H21F3N4O2S/c1-13-8-11-27(30(28,29)18-5-3-2-4-15(18)20(21,22)23)12-17(13)26-16-7-10-25-19-14(16)6-9-24-19/h2-7,9-10,13,17H,8,11-12H2,1H3,(H2,24,25,26)/t13-,17+/m1/s1. The van der Waals surface area contributed by atoms with Gasteiger partial charge in [0.2, 0.25) is 10.0 Å². The van der Waals surface area contributed by atoms with Crippen LogP contribution in [0.2, 0.25) is 0 Å². The second-order valence-electron chi connectivity index (χ2n) is 7.47. The Morgan fingerprint density at radius 1 is 1.20 bits per heavy atom. The number of hydrogen-bond donors (Lipinski definition) is 2. The highest BCUT2D eigenvalue weighted by Crippen LogP contribution is 2.36. The largest absolute Gasteiger partial charge is 0.417 e. The maximum absolute atomic E-state index is 13.4. The van der Waals surface area contributed by atoms with E-state index in [0.29, 0.717) is 12.1 Å². The van der Waals surface area contributed by atoms with E-state index in [1.807, 2.05) is 13.0 Å². The molecule has 10 heteroatoms. The van der Waals surface area contributed by atoms with Crippen LogP contribution in [0.1, 0.15) is 18.9 Å². The molecule has 2 atom stereocenters. The van der Waals surface area contributed by atoms with Crippen LogP contribution < -0.4 is 5.32 Å². The fourth-order valence-corrected chi connectivity index (χ4v) is 5.49. The van der Waals surface area contributed by atoms with Crippen LogP contribution in [0, 0.1) is 5.92 Å². The molecular formula is C20H21F3N4O2S. The van der Waals surface area contributed by atoms with Crippen LogP contribution in [0.15, 0.2) is 53.7 Å². The van der Waals surface area contributed by atoms with E-state index in [4.69, 9.17) is 0 Å². The number of nitrogens with zero attached hydrogens (tertiary/aromatic N) is 2. The van der Waals surface area contributed by atoms with E-state index < -0.39 is 26.7 Å². The Kier molecular flexibility index (Phi) is 5.23. The Morgan fingerprint density at radius 2 is 1.97 bits per heavy atom. The number of sulfonamides is 1. The topological polar surface area (TPSA) is 78.1 Å². The molecule has 0 aliphatic carbocycles. The number of aromatic amines is 1. The number of pyridine rings is 1. The number of benzene rings is 1. The van der Waals surface area contributed by atoms with Gasteiger partial charge in [-0.25, -0.2) is 13.4 Å². The van der Waals surface area contributed by atoms with Gasteiger partial charge in [-0.2, -0.15) is 17.5 Å². The molecule has 30 heavy (non-hydrogen) atoms. The first kappa shape index (κ1) is 20.7. The third-order valence-electron chi connectivity index (χ3n) is 5.53. The lowest BCUT2D eigenvalue weighted by molar-refractivity contribution is -0.139. The van der Waals surface area contributed by atoms with Crippen LogP contribution in [0.5, 0.6) is 0 Å². The van der Waals surface area contributed by atoms with Gasteiger partial charge in [0.05, 0.1) is 10.5 Å². The lowest BCUT2D eigenvalue weighted by atomic mass is 9.94. The Hall–Kier alpha value is -2.59. The molecule has 3 aromatic rings. The summed E-state index contributed by atoms with van der Waals surface area (Å²) in [5.41, 5.74) is 0.358. The zero-order valence-corrected chi connectivity index (χ0v) is 17.0. The normalized spacial score (nSPS) is 21.1. The number of rotatable bonds is 4. The highest BCUT2D eigenvalue weighted by Gasteiger charge is 2.40. The third-order valence-corrected chi connectivity index (χ3v) is 7.46. The molecule has 1 fully saturated rings. The van der Waals surface area contributed by atoms with Gasteiger partial charge in [0.15, 0.2) is 0 Å². The summed E-state index contributed by atoms with van der Waals surface area (Å²) in [4.78, 5) is 6.55. The van der Waals surface area contributed by atoms with E-state index in [9.17, 15) is 21.6 Å². The number of fused-ring (bicyclic) bond motifs is 1. The van der Waals surface area contributed by atoms with Crippen molar-refractivity contribution in [2.75, 3.05) is 18.4 Å². The zero-order valence-electron chi connectivity index (χ0n) is 16.1. The lowest BCUT2D eigenvalue weighted by Crippen LogP contribution is -2.49. The van der Waals surface area contributed by atoms with Gasteiger partial charge < -0.3 is 10.3 Å². The number of piperidine rings is 1. The number of hydrogen-bond acceptors (Lipinski definition) is 4. The molecule has 2 N–H and O–H groups in total. The second kappa shape index (κ2) is 7.59. The summed E-state index contributed by atoms with van der Waals surface area (Å²) in [5.74, 6) is 0.136. The molecule has 0 unspecified atom stereocenters. The van der Waals surface area contributed by atoms with E-state index in [2.05, 4.69) is 15.3 Å². The molecule has 2 aromatic heterocycles. The molecule has 6 nitrogen and oxygen atoms in total. The van der Waals surface area contributed by atoms with Gasteiger partial charge in [-0.05, 0) is 36.6 Å². The fraction of sp³-hybridized carbons (Fsp3) is 0.350. The second-order valence-corrected chi connectivity index (χ2v) is 9.38. The molecule has 3 heterocycles. The summed E-state index contributed by atoms with van der Waals surface area (Å²) in [6.45, 7) is 2.24. The van der Waals surface area contributed by atoms with Crippen molar-refractivity contribution >= 4 is 26.7 Å². The number of anilines is 1. The zero-order chi connectivity index (χ0) is 21.5. The van der Waals surface area contributed by atoms with Crippen molar-refractivity contribution in [2.45, 2.75) is 30.5 Å². The van der Waals surface area contributed by atoms with Crippen molar-refractivity contribution in [3.8, 4) is 0 Å². The number of aromatic nitrogens is 2. The predicted octanol–water partition coefficient (Wildman–Crippen LogP) is 4.09. The van der Waals surface area contributed by atoms with Crippen LogP contribution in [0.4, 0.5) is 18.9 Å². The van der Waals surface area contributed by atoms with Gasteiger partial charge in [0.25, 0.3) is 0 Å². The molecule has 0 amide bonds. The van der Waals surface area contributed by atoms with Crippen molar-refractivity contribution in [2.24, 2.45) is 5.92 Å². The van der Waals surface area contributed by atoms with Crippen LogP contribution in [0.25, 0.3) is 11.0 Å². The van der Waals surface area contributed by atoms with Crippen molar-refractivity contribution in [1.29, 1.82) is 0 Å². The Bertz CT molecular complexity index is 1160. The Morgan fingerprint density at radius 3 is 2.73 bits per heavy atom. The highest BCUT2D eigenvalue weighted by molar-refractivity contribution is 7.89. The monoisotopic (exact) mass is 438 g/mol. The molecule has 1 aliphatic heterocycles. The van der Waals surface area contributed by atoms with Crippen LogP contribution >= 0.6 is 0 Å². The fourth-order valence-electron chi connectivity index (χ4n) is 3.80. The summed E-state index contributed by atoms with van der Waals surface area (Å²) in [6, 6.07) is 7.73. The Labute approximate surface area is 172 Å². The van der Waals surface area contributed by atoms with Gasteiger partial charge in [0, 0.05) is 42.6 Å². The maximum Gasteiger partial charge on any atom is 0.417 e. The SMILES string of the molecule is C[C@@H]1CCN(S(=O)(=O)c2ccccc2C(F)(F)F)C[C@@H]1Nc1ccnc2[nH]ccc12. The molecule has 0 bridgehead atoms. The van der Waals surface area contributed by atoms with Crippen molar-refractivity contribution in [3.63, 3.8) is 0 Å². The van der Waals surface area contributed by atoms with Gasteiger partial charge >= 0.3 is 6.18 Å². The van der Waals surface area contributed by atoms with E-state index in [1.54, 1.807) is 18.5 Å². The molecule has 0 saturated carbocycles. The summed E-state index contributed by atoms with van der Waals surface area (Å²) in [7, 11) is -4.30. The number of halogens is 3. The quantitative estimate of drug-likeness (QED) is 0.643. The van der Waals surface area contributed by atoms with E-state index in [1.165, 1.54) is 12.1 Å². The summed E-state index contributed by atoms with van der Waals surface area (Å²) in [6.07, 6.45) is -0.811. The predicted molar refractivity (Wildman–Crippen MR) is 107 cm³/mol.